The molecule has 0 bridgehead atoms. The lowest BCUT2D eigenvalue weighted by molar-refractivity contribution is -0.870. The Morgan fingerprint density at radius 3 is 1.17 bits per heavy atom. The predicted molar refractivity (Wildman–Crippen MR) is 300 cm³/mol. The van der Waals surface area contributed by atoms with Crippen molar-refractivity contribution >= 4 is 13.7 Å². The molecule has 3 unspecified atom stereocenters. The normalized spacial score (nSPS) is 14.1. The first kappa shape index (κ1) is 67.7. The van der Waals surface area contributed by atoms with Gasteiger partial charge in [-0.1, -0.05) is 262 Å². The van der Waals surface area contributed by atoms with Gasteiger partial charge in [-0.15, -0.1) is 0 Å². The molecule has 408 valence electrons. The number of aliphatic hydroxyl groups excluding tert-OH is 1. The van der Waals surface area contributed by atoms with Gasteiger partial charge in [0.15, 0.2) is 0 Å². The molecule has 0 saturated carbocycles. The summed E-state index contributed by atoms with van der Waals surface area (Å²) < 4.78 is 23.6. The van der Waals surface area contributed by atoms with Crippen molar-refractivity contribution in [1.29, 1.82) is 0 Å². The fraction of sp³-hybridized carbons (Fsp3) is 0.883. The number of rotatable bonds is 55. The van der Waals surface area contributed by atoms with E-state index in [-0.39, 0.29) is 19.1 Å². The number of hydrogen-bond acceptors (Lipinski definition) is 5. The van der Waals surface area contributed by atoms with E-state index in [9.17, 15) is 19.4 Å². The summed E-state index contributed by atoms with van der Waals surface area (Å²) in [7, 11) is 1.56. The Morgan fingerprint density at radius 1 is 0.478 bits per heavy atom. The molecule has 0 saturated heterocycles. The number of phosphoric ester groups is 1. The van der Waals surface area contributed by atoms with Gasteiger partial charge < -0.3 is 19.8 Å². The lowest BCUT2D eigenvalue weighted by Crippen LogP contribution is -2.45. The molecule has 3 atom stereocenters. The van der Waals surface area contributed by atoms with Gasteiger partial charge in [0.05, 0.1) is 39.9 Å². The molecule has 1 amide bonds. The van der Waals surface area contributed by atoms with Crippen LogP contribution in [0.5, 0.6) is 0 Å². The van der Waals surface area contributed by atoms with E-state index in [0.29, 0.717) is 17.4 Å². The van der Waals surface area contributed by atoms with Crippen LogP contribution in [-0.4, -0.2) is 73.4 Å². The van der Waals surface area contributed by atoms with E-state index >= 15 is 0 Å². The maximum atomic E-state index is 12.9. The van der Waals surface area contributed by atoms with Crippen LogP contribution in [0, 0.1) is 0 Å². The highest BCUT2D eigenvalue weighted by Crippen LogP contribution is 2.43. The van der Waals surface area contributed by atoms with Crippen molar-refractivity contribution in [3.05, 3.63) is 36.5 Å². The molecule has 0 aliphatic rings. The van der Waals surface area contributed by atoms with E-state index in [1.165, 1.54) is 231 Å². The molecule has 0 rings (SSSR count). The molecule has 8 nitrogen and oxygen atoms in total. The molecule has 0 spiro atoms. The zero-order chi connectivity index (χ0) is 50.6. The first-order chi connectivity index (χ1) is 33.5. The molecule has 0 radical (unpaired) electrons. The lowest BCUT2D eigenvalue weighted by Gasteiger charge is -2.25. The summed E-state index contributed by atoms with van der Waals surface area (Å²) in [5, 5.41) is 13.8. The van der Waals surface area contributed by atoms with Crippen molar-refractivity contribution < 1.29 is 32.9 Å². The second-order valence-corrected chi connectivity index (χ2v) is 23.2. The minimum absolute atomic E-state index is 0.0574. The Hall–Kier alpha value is -1.28. The van der Waals surface area contributed by atoms with E-state index < -0.39 is 20.0 Å². The highest BCUT2D eigenvalue weighted by atomic mass is 31.2. The van der Waals surface area contributed by atoms with Crippen molar-refractivity contribution in [3.63, 3.8) is 0 Å². The summed E-state index contributed by atoms with van der Waals surface area (Å²) in [5.74, 6) is -0.184. The second-order valence-electron chi connectivity index (χ2n) is 21.7. The monoisotopic (exact) mass is 994 g/mol. The molecule has 0 aromatic carbocycles. The number of phosphoric acid groups is 1. The first-order valence-electron chi connectivity index (χ1n) is 29.9. The summed E-state index contributed by atoms with van der Waals surface area (Å²) in [6, 6.07) is -0.859. The number of quaternary nitrogens is 1. The number of hydrogen-bond donors (Lipinski definition) is 3. The Bertz CT molecular complexity index is 1220. The quantitative estimate of drug-likeness (QED) is 0.0243. The number of aliphatic hydroxyl groups is 1. The van der Waals surface area contributed by atoms with Crippen molar-refractivity contribution in [3.8, 4) is 0 Å². The van der Waals surface area contributed by atoms with Crippen LogP contribution in [0.15, 0.2) is 36.5 Å². The summed E-state index contributed by atoms with van der Waals surface area (Å²) >= 11 is 0. The van der Waals surface area contributed by atoms with E-state index in [1.54, 1.807) is 6.08 Å². The summed E-state index contributed by atoms with van der Waals surface area (Å²) in [4.78, 5) is 23.2. The number of allylic oxidation sites excluding steroid dienone is 5. The van der Waals surface area contributed by atoms with Crippen molar-refractivity contribution in [2.75, 3.05) is 40.9 Å². The van der Waals surface area contributed by atoms with Gasteiger partial charge >= 0.3 is 7.82 Å². The third-order valence-electron chi connectivity index (χ3n) is 13.6. The summed E-state index contributed by atoms with van der Waals surface area (Å²) in [5.41, 5.74) is 0. The molecular weight excluding hydrogens is 876 g/mol. The molecular formula is C60H118N2O6P+. The van der Waals surface area contributed by atoms with Gasteiger partial charge in [-0.25, -0.2) is 4.57 Å². The van der Waals surface area contributed by atoms with Gasteiger partial charge in [0, 0.05) is 6.42 Å². The maximum Gasteiger partial charge on any atom is 0.472 e. The van der Waals surface area contributed by atoms with Gasteiger partial charge in [-0.3, -0.25) is 13.8 Å². The van der Waals surface area contributed by atoms with Crippen LogP contribution in [0.4, 0.5) is 0 Å². The largest absolute Gasteiger partial charge is 0.472 e. The average molecular weight is 995 g/mol. The molecule has 0 aliphatic heterocycles. The van der Waals surface area contributed by atoms with Gasteiger partial charge in [0.25, 0.3) is 0 Å². The zero-order valence-electron chi connectivity index (χ0n) is 46.6. The molecule has 0 aromatic heterocycles. The van der Waals surface area contributed by atoms with Crippen molar-refractivity contribution in [2.45, 2.75) is 302 Å². The maximum absolute atomic E-state index is 12.9. The van der Waals surface area contributed by atoms with Gasteiger partial charge in [0.2, 0.25) is 5.91 Å². The summed E-state index contributed by atoms with van der Waals surface area (Å²) in [6.45, 7) is 4.78. The first-order valence-corrected chi connectivity index (χ1v) is 31.4. The van der Waals surface area contributed by atoms with Crippen LogP contribution in [-0.2, 0) is 18.4 Å². The average Bonchev–Trinajstić information content (AvgIpc) is 3.31. The SMILES string of the molecule is CCCCCC/C=C/CC/C=C/C(O)C(COP(=O)(O)OCC[N+](C)(C)C)NC(=O)CCCCCCCCCCCCCCCCCCCCCCCCCCC/C=C\CCCCCCCCCC. The number of unbranched alkanes of at least 4 members (excludes halogenated alkanes) is 38. The van der Waals surface area contributed by atoms with Crippen LogP contribution in [0.3, 0.4) is 0 Å². The molecule has 0 aromatic rings. The Balaban J connectivity index is 3.84. The van der Waals surface area contributed by atoms with Crippen LogP contribution < -0.4 is 5.32 Å². The van der Waals surface area contributed by atoms with E-state index in [2.05, 4.69) is 43.5 Å². The second kappa shape index (κ2) is 51.6. The molecule has 0 fully saturated rings. The number of carbonyl (C=O) groups is 1. The zero-order valence-corrected chi connectivity index (χ0v) is 47.5. The molecule has 9 heteroatoms. The number of carbonyl (C=O) groups excluding carboxylic acids is 1. The predicted octanol–water partition coefficient (Wildman–Crippen LogP) is 18.2. The van der Waals surface area contributed by atoms with Crippen LogP contribution >= 0.6 is 7.82 Å². The van der Waals surface area contributed by atoms with Crippen molar-refractivity contribution in [2.24, 2.45) is 0 Å². The Kier molecular flexibility index (Phi) is 50.7. The van der Waals surface area contributed by atoms with E-state index in [4.69, 9.17) is 9.05 Å². The molecule has 3 N–H and O–H groups in total. The number of nitrogens with one attached hydrogen (secondary N) is 1. The van der Waals surface area contributed by atoms with Crippen LogP contribution in [0.2, 0.25) is 0 Å². The highest BCUT2D eigenvalue weighted by molar-refractivity contribution is 7.47. The molecule has 0 heterocycles. The topological polar surface area (TPSA) is 105 Å². The molecule has 69 heavy (non-hydrogen) atoms. The summed E-state index contributed by atoms with van der Waals surface area (Å²) in [6.07, 6.45) is 67.3. The fourth-order valence-corrected chi connectivity index (χ4v) is 9.61. The van der Waals surface area contributed by atoms with Gasteiger partial charge in [0.1, 0.15) is 13.2 Å². The lowest BCUT2D eigenvalue weighted by atomic mass is 10.0. The van der Waals surface area contributed by atoms with Crippen molar-refractivity contribution in [1.82, 2.24) is 5.32 Å². The number of nitrogens with zero attached hydrogens (tertiary/aromatic N) is 1. The van der Waals surface area contributed by atoms with Gasteiger partial charge in [-0.2, -0.15) is 0 Å². The number of amides is 1. The molecule has 0 aliphatic carbocycles. The van der Waals surface area contributed by atoms with E-state index in [1.807, 2.05) is 27.2 Å². The van der Waals surface area contributed by atoms with Crippen LogP contribution in [0.25, 0.3) is 0 Å². The Labute approximate surface area is 429 Å². The minimum atomic E-state index is -4.34. The van der Waals surface area contributed by atoms with Gasteiger partial charge in [-0.05, 0) is 57.8 Å². The van der Waals surface area contributed by atoms with E-state index in [0.717, 1.165) is 38.5 Å². The standard InChI is InChI=1S/C60H117N2O6P/c1-6-8-10-12-14-16-18-19-20-21-22-23-24-25-26-27-28-29-30-31-32-33-34-35-36-37-38-39-40-41-42-43-44-46-48-50-52-54-60(64)61-58(57-68-69(65,66)67-56-55-62(3,4)5)59(63)53-51-49-47-45-17-15-13-11-9-7-2/h17,21-22,45,51,53,58-59,63H,6-16,18-20,23-44,46-50,52,54-57H2,1-5H3,(H-,61,64,65,66)/p+1/b22-21-,45-17+,53-51+. The Morgan fingerprint density at radius 2 is 0.797 bits per heavy atom. The highest BCUT2D eigenvalue weighted by Gasteiger charge is 2.27. The fourth-order valence-electron chi connectivity index (χ4n) is 8.88. The minimum Gasteiger partial charge on any atom is -0.387 e. The third kappa shape index (κ3) is 54.3. The smallest absolute Gasteiger partial charge is 0.387 e. The van der Waals surface area contributed by atoms with Crippen LogP contribution in [0.1, 0.15) is 290 Å². The number of likely N-dealkylation sites (N-methyl/N-ethyl adjacent to an activating group) is 1. The third-order valence-corrected chi connectivity index (χ3v) is 14.6.